The molecule has 10 heteroatoms. The van der Waals surface area contributed by atoms with Crippen LogP contribution in [0, 0.1) is 0 Å². The van der Waals surface area contributed by atoms with Crippen LogP contribution in [-0.4, -0.2) is 58.6 Å². The molecule has 1 N–H and O–H groups in total. The van der Waals surface area contributed by atoms with Crippen molar-refractivity contribution in [1.29, 1.82) is 0 Å². The minimum Gasteiger partial charge on any atom is -0.497 e. The first-order chi connectivity index (χ1) is 15.9. The largest absolute Gasteiger partial charge is 0.497 e. The molecule has 0 saturated heterocycles. The number of benzene rings is 2. The lowest BCUT2D eigenvalue weighted by Gasteiger charge is -2.11. The van der Waals surface area contributed by atoms with E-state index in [0.717, 1.165) is 5.56 Å². The van der Waals surface area contributed by atoms with E-state index in [2.05, 4.69) is 15.4 Å². The predicted octanol–water partition coefficient (Wildman–Crippen LogP) is 4.02. The number of methoxy groups -OCH3 is 1. The number of halogens is 2. The summed E-state index contributed by atoms with van der Waals surface area (Å²) in [4.78, 5) is 15.4. The fourth-order valence-corrected chi connectivity index (χ4v) is 3.37. The molecule has 1 saturated carbocycles. The van der Waals surface area contributed by atoms with Gasteiger partial charge in [-0.05, 0) is 49.4 Å². The highest BCUT2D eigenvalue weighted by Crippen LogP contribution is 2.46. The van der Waals surface area contributed by atoms with Crippen LogP contribution in [0.3, 0.4) is 0 Å². The number of anilines is 1. The van der Waals surface area contributed by atoms with E-state index < -0.39 is 17.0 Å². The third-order valence-corrected chi connectivity index (χ3v) is 5.70. The number of ether oxygens (including phenoxy) is 3. The number of hydrogen-bond acceptors (Lipinski definition) is 6. The number of rotatable bonds is 10. The van der Waals surface area contributed by atoms with Gasteiger partial charge in [0.05, 0.1) is 19.4 Å². The van der Waals surface area contributed by atoms with Gasteiger partial charge in [-0.25, -0.2) is 9.07 Å². The van der Waals surface area contributed by atoms with Crippen LogP contribution in [0.2, 0.25) is 0 Å². The van der Waals surface area contributed by atoms with Crippen LogP contribution in [-0.2, 0) is 9.53 Å². The van der Waals surface area contributed by atoms with E-state index in [1.807, 2.05) is 37.3 Å². The summed E-state index contributed by atoms with van der Waals surface area (Å²) in [6.07, 6.45) is -1.33. The van der Waals surface area contributed by atoms with E-state index in [1.165, 1.54) is 0 Å². The fourth-order valence-electron chi connectivity index (χ4n) is 3.18. The monoisotopic (exact) mass is 474 g/mol. The van der Waals surface area contributed by atoms with Gasteiger partial charge in [-0.3, -0.25) is 4.79 Å². The summed E-state index contributed by atoms with van der Waals surface area (Å²) in [5.74, 6) is 0.680. The number of carbonyl (C=O) groups is 1. The summed E-state index contributed by atoms with van der Waals surface area (Å²) in [6.45, 7) is 3.22. The normalized spacial score (nSPS) is 19.2. The van der Waals surface area contributed by atoms with E-state index in [0.29, 0.717) is 42.8 Å². The summed E-state index contributed by atoms with van der Waals surface area (Å²) >= 11 is 6.00. The van der Waals surface area contributed by atoms with Gasteiger partial charge in [-0.1, -0.05) is 6.07 Å². The molecular formula is C23H24ClFN4O4. The molecule has 1 fully saturated rings. The number of carbonyl (C=O) groups excluding carboxylic acids is 1. The molecule has 1 aliphatic rings. The van der Waals surface area contributed by atoms with E-state index in [-0.39, 0.29) is 12.4 Å². The van der Waals surface area contributed by atoms with Crippen LogP contribution in [0.15, 0.2) is 48.5 Å². The van der Waals surface area contributed by atoms with Gasteiger partial charge in [0.25, 0.3) is 0 Å². The van der Waals surface area contributed by atoms with E-state index in [1.54, 1.807) is 30.0 Å². The molecule has 0 radical (unpaired) electrons. The van der Waals surface area contributed by atoms with Crippen LogP contribution >= 0.6 is 11.6 Å². The minimum absolute atomic E-state index is 0.00716. The second-order valence-corrected chi connectivity index (χ2v) is 8.12. The second kappa shape index (κ2) is 9.76. The van der Waals surface area contributed by atoms with Gasteiger partial charge in [0.2, 0.25) is 5.91 Å². The minimum atomic E-state index is -1.49. The van der Waals surface area contributed by atoms with E-state index in [4.69, 9.17) is 25.8 Å². The highest BCUT2D eigenvalue weighted by atomic mass is 35.5. The quantitative estimate of drug-likeness (QED) is 0.353. The summed E-state index contributed by atoms with van der Waals surface area (Å²) < 4.78 is 31.3. The smallest absolute Gasteiger partial charge is 0.336 e. The van der Waals surface area contributed by atoms with Gasteiger partial charge in [0.15, 0.2) is 10.7 Å². The van der Waals surface area contributed by atoms with Crippen LogP contribution in [0.25, 0.3) is 17.1 Å². The van der Waals surface area contributed by atoms with Gasteiger partial charge < -0.3 is 19.5 Å². The molecule has 2 atom stereocenters. The Balaban J connectivity index is 1.63. The Kier molecular flexibility index (Phi) is 6.80. The predicted molar refractivity (Wildman–Crippen MR) is 122 cm³/mol. The number of hydrogen-bond donors (Lipinski definition) is 1. The third-order valence-electron chi connectivity index (χ3n) is 5.14. The van der Waals surface area contributed by atoms with Gasteiger partial charge in [0.1, 0.15) is 18.5 Å². The number of amides is 1. The Bertz CT molecular complexity index is 1120. The molecule has 0 spiro atoms. The zero-order valence-corrected chi connectivity index (χ0v) is 19.0. The molecule has 174 valence electrons. The van der Waals surface area contributed by atoms with Gasteiger partial charge in [-0.2, -0.15) is 4.98 Å². The van der Waals surface area contributed by atoms with E-state index in [9.17, 15) is 9.18 Å². The lowest BCUT2D eigenvalue weighted by atomic mass is 10.2. The molecule has 1 amide bonds. The summed E-state index contributed by atoms with van der Waals surface area (Å²) in [5.41, 5.74) is 1.88. The van der Waals surface area contributed by atoms with Crippen LogP contribution < -0.4 is 14.8 Å². The Morgan fingerprint density at radius 2 is 2.03 bits per heavy atom. The van der Waals surface area contributed by atoms with Gasteiger partial charge >= 0.3 is 6.01 Å². The number of nitrogens with zero attached hydrogens (tertiary/aromatic N) is 3. The van der Waals surface area contributed by atoms with Crippen molar-refractivity contribution >= 4 is 23.2 Å². The molecule has 33 heavy (non-hydrogen) atoms. The van der Waals surface area contributed by atoms with Crippen molar-refractivity contribution in [3.05, 3.63) is 48.5 Å². The Hall–Kier alpha value is -3.17. The molecule has 1 aromatic heterocycles. The zero-order chi connectivity index (χ0) is 23.4. The summed E-state index contributed by atoms with van der Waals surface area (Å²) in [7, 11) is 1.60. The van der Waals surface area contributed by atoms with Crippen molar-refractivity contribution < 1.29 is 23.4 Å². The molecule has 8 nitrogen and oxygen atoms in total. The van der Waals surface area contributed by atoms with Gasteiger partial charge in [-0.15, -0.1) is 16.7 Å². The van der Waals surface area contributed by atoms with Crippen molar-refractivity contribution in [3.63, 3.8) is 0 Å². The molecule has 1 aliphatic carbocycles. The molecule has 3 aromatic rings. The Morgan fingerprint density at radius 3 is 2.70 bits per heavy atom. The van der Waals surface area contributed by atoms with Crippen LogP contribution in [0.5, 0.6) is 11.8 Å². The zero-order valence-electron chi connectivity index (χ0n) is 18.3. The SMILES string of the molecule is CCOCCOc1nc(-c2ccc(OC)cc2)n(-c2cccc(NC(=O)[C@]3(Cl)C[C@H]3F)c2)n1. The van der Waals surface area contributed by atoms with Crippen molar-refractivity contribution in [2.24, 2.45) is 0 Å². The summed E-state index contributed by atoms with van der Waals surface area (Å²) in [6, 6.07) is 14.5. The molecule has 0 unspecified atom stereocenters. The Labute approximate surface area is 195 Å². The Morgan fingerprint density at radius 1 is 1.27 bits per heavy atom. The number of aromatic nitrogens is 3. The average molecular weight is 475 g/mol. The maximum atomic E-state index is 13.5. The first-order valence-corrected chi connectivity index (χ1v) is 10.9. The number of alkyl halides is 2. The lowest BCUT2D eigenvalue weighted by Crippen LogP contribution is -2.27. The maximum Gasteiger partial charge on any atom is 0.336 e. The summed E-state index contributed by atoms with van der Waals surface area (Å²) in [5, 5.41) is 7.17. The standard InChI is InChI=1S/C23H24ClFN4O4/c1-3-32-11-12-33-22-27-20(15-7-9-18(31-2)10-8-15)29(28-22)17-6-4-5-16(13-17)26-21(30)23(24)14-19(23)25/h4-10,13,19H,3,11-12,14H2,1-2H3,(H,26,30)/t19-,23+/m1/s1. The topological polar surface area (TPSA) is 87.5 Å². The van der Waals surface area contributed by atoms with Gasteiger partial charge in [0, 0.05) is 24.3 Å². The van der Waals surface area contributed by atoms with Crippen molar-refractivity contribution in [3.8, 4) is 28.8 Å². The lowest BCUT2D eigenvalue weighted by molar-refractivity contribution is -0.116. The highest BCUT2D eigenvalue weighted by Gasteiger charge is 2.60. The van der Waals surface area contributed by atoms with Crippen molar-refractivity contribution in [2.75, 3.05) is 32.2 Å². The van der Waals surface area contributed by atoms with Crippen LogP contribution in [0.4, 0.5) is 10.1 Å². The molecule has 0 bridgehead atoms. The van der Waals surface area contributed by atoms with Crippen molar-refractivity contribution in [1.82, 2.24) is 14.8 Å². The van der Waals surface area contributed by atoms with Crippen LogP contribution in [0.1, 0.15) is 13.3 Å². The van der Waals surface area contributed by atoms with Crippen molar-refractivity contribution in [2.45, 2.75) is 24.4 Å². The first-order valence-electron chi connectivity index (χ1n) is 10.5. The molecule has 2 aromatic carbocycles. The maximum absolute atomic E-state index is 13.5. The molecule has 4 rings (SSSR count). The average Bonchev–Trinajstić information content (AvgIpc) is 3.25. The number of nitrogens with one attached hydrogen (secondary N) is 1. The third kappa shape index (κ3) is 5.09. The fraction of sp³-hybridized carbons (Fsp3) is 0.348. The highest BCUT2D eigenvalue weighted by molar-refractivity contribution is 6.39. The molecule has 0 aliphatic heterocycles. The molecular weight excluding hydrogens is 451 g/mol. The molecule has 1 heterocycles. The van der Waals surface area contributed by atoms with E-state index >= 15 is 0 Å². The second-order valence-electron chi connectivity index (χ2n) is 7.44. The first kappa shape index (κ1) is 23.0.